The van der Waals surface area contributed by atoms with E-state index >= 15 is 0 Å². The van der Waals surface area contributed by atoms with Gasteiger partial charge in [-0.25, -0.2) is 9.97 Å². The molecule has 2 aromatic rings. The molecule has 2 N–H and O–H groups in total. The Morgan fingerprint density at radius 2 is 1.81 bits per heavy atom. The van der Waals surface area contributed by atoms with Crippen LogP contribution in [-0.2, 0) is 0 Å². The van der Waals surface area contributed by atoms with E-state index in [9.17, 15) is 0 Å². The summed E-state index contributed by atoms with van der Waals surface area (Å²) in [6, 6.07) is 11.0. The molecule has 1 aliphatic carbocycles. The smallest absolute Gasteiger partial charge is 0.187 e. The van der Waals surface area contributed by atoms with Crippen molar-refractivity contribution in [1.29, 1.82) is 0 Å². The Labute approximate surface area is 130 Å². The molecule has 0 aliphatic heterocycles. The van der Waals surface area contributed by atoms with E-state index in [1.54, 1.807) is 11.8 Å². The summed E-state index contributed by atoms with van der Waals surface area (Å²) in [7, 11) is 0. The predicted octanol–water partition coefficient (Wildman–Crippen LogP) is 3.54. The first-order valence-corrected chi connectivity index (χ1v) is 8.36. The number of benzene rings is 1. The molecule has 1 aliphatic rings. The number of nitrogens with two attached hydrogens (primary N) is 1. The minimum Gasteiger partial charge on any atom is -0.327 e. The topological polar surface area (TPSA) is 51.8 Å². The molecule has 0 amide bonds. The monoisotopic (exact) mass is 299 g/mol. The van der Waals surface area contributed by atoms with E-state index in [4.69, 9.17) is 5.73 Å². The Morgan fingerprint density at radius 1 is 1.10 bits per heavy atom. The van der Waals surface area contributed by atoms with E-state index < -0.39 is 0 Å². The number of hydrogen-bond donors (Lipinski definition) is 1. The van der Waals surface area contributed by atoms with Gasteiger partial charge in [-0.15, -0.1) is 0 Å². The summed E-state index contributed by atoms with van der Waals surface area (Å²) in [5.74, 6) is 0.606. The Bertz CT molecular complexity index is 570. The molecule has 0 spiro atoms. The molecule has 3 atom stereocenters. The molecule has 3 unspecified atom stereocenters. The van der Waals surface area contributed by atoms with Crippen LogP contribution >= 0.6 is 11.8 Å². The zero-order chi connectivity index (χ0) is 14.7. The summed E-state index contributed by atoms with van der Waals surface area (Å²) in [5, 5.41) is 1.24. The average molecular weight is 299 g/mol. The van der Waals surface area contributed by atoms with E-state index in [-0.39, 0.29) is 6.04 Å². The summed E-state index contributed by atoms with van der Waals surface area (Å²) >= 11 is 1.73. The number of rotatable bonds is 3. The van der Waals surface area contributed by atoms with Gasteiger partial charge in [-0.3, -0.25) is 0 Å². The fraction of sp³-hybridized carbons (Fsp3) is 0.412. The normalized spacial score (nSPS) is 25.7. The molecule has 3 rings (SSSR count). The van der Waals surface area contributed by atoms with Crippen molar-refractivity contribution in [3.8, 4) is 0 Å². The molecule has 0 bridgehead atoms. The summed E-state index contributed by atoms with van der Waals surface area (Å²) in [6.45, 7) is 2.01. The Hall–Kier alpha value is -1.39. The van der Waals surface area contributed by atoms with Crippen LogP contribution in [-0.4, -0.2) is 21.3 Å². The van der Waals surface area contributed by atoms with Gasteiger partial charge in [0, 0.05) is 23.7 Å². The zero-order valence-electron chi connectivity index (χ0n) is 12.3. The molecule has 1 aromatic carbocycles. The summed E-state index contributed by atoms with van der Waals surface area (Å²) < 4.78 is 0. The minimum absolute atomic E-state index is 0.236. The quantitative estimate of drug-likeness (QED) is 0.881. The number of aryl methyl sites for hydroxylation is 1. The van der Waals surface area contributed by atoms with Crippen molar-refractivity contribution in [3.05, 3.63) is 53.9 Å². The van der Waals surface area contributed by atoms with Gasteiger partial charge in [-0.05, 0) is 43.2 Å². The summed E-state index contributed by atoms with van der Waals surface area (Å²) in [6.07, 6.45) is 7.10. The lowest BCUT2D eigenvalue weighted by atomic mass is 9.82. The van der Waals surface area contributed by atoms with Crippen molar-refractivity contribution in [2.45, 2.75) is 48.6 Å². The van der Waals surface area contributed by atoms with Crippen LogP contribution in [0.3, 0.4) is 0 Å². The molecule has 110 valence electrons. The maximum absolute atomic E-state index is 6.32. The minimum atomic E-state index is 0.236. The number of nitrogens with zero attached hydrogens (tertiary/aromatic N) is 2. The van der Waals surface area contributed by atoms with Gasteiger partial charge in [0.05, 0.1) is 0 Å². The van der Waals surface area contributed by atoms with Crippen LogP contribution in [0.4, 0.5) is 0 Å². The van der Waals surface area contributed by atoms with Gasteiger partial charge < -0.3 is 5.73 Å². The SMILES string of the molecule is Cc1cnc(SC2CC(c3ccccc3)CCC2N)nc1. The standard InChI is InChI=1S/C17H21N3S/c1-12-10-19-17(20-11-12)21-16-9-14(7-8-15(16)18)13-5-3-2-4-6-13/h2-6,10-11,14-16H,7-9,18H2,1H3. The number of thioether (sulfide) groups is 1. The lowest BCUT2D eigenvalue weighted by Gasteiger charge is -2.33. The van der Waals surface area contributed by atoms with Crippen molar-refractivity contribution in [1.82, 2.24) is 9.97 Å². The van der Waals surface area contributed by atoms with Gasteiger partial charge in [0.2, 0.25) is 0 Å². The molecule has 0 saturated heterocycles. The molecule has 1 aromatic heterocycles. The van der Waals surface area contributed by atoms with Gasteiger partial charge in [0.15, 0.2) is 5.16 Å². The van der Waals surface area contributed by atoms with E-state index in [1.165, 1.54) is 12.0 Å². The van der Waals surface area contributed by atoms with Crippen LogP contribution in [0.15, 0.2) is 47.9 Å². The Kier molecular flexibility index (Phi) is 4.56. The zero-order valence-corrected chi connectivity index (χ0v) is 13.1. The number of hydrogen-bond acceptors (Lipinski definition) is 4. The van der Waals surface area contributed by atoms with Gasteiger partial charge >= 0.3 is 0 Å². The third-order valence-electron chi connectivity index (χ3n) is 4.13. The lowest BCUT2D eigenvalue weighted by molar-refractivity contribution is 0.406. The molecule has 1 saturated carbocycles. The van der Waals surface area contributed by atoms with Crippen LogP contribution in [0.5, 0.6) is 0 Å². The molecule has 3 nitrogen and oxygen atoms in total. The van der Waals surface area contributed by atoms with Gasteiger partial charge in [-0.2, -0.15) is 0 Å². The van der Waals surface area contributed by atoms with Gasteiger partial charge in [-0.1, -0.05) is 42.1 Å². The first-order chi connectivity index (χ1) is 10.2. The van der Waals surface area contributed by atoms with Crippen molar-refractivity contribution >= 4 is 11.8 Å². The third kappa shape index (κ3) is 3.63. The van der Waals surface area contributed by atoms with Gasteiger partial charge in [0.1, 0.15) is 0 Å². The van der Waals surface area contributed by atoms with Gasteiger partial charge in [0.25, 0.3) is 0 Å². The third-order valence-corrected chi connectivity index (χ3v) is 5.39. The molecule has 1 heterocycles. The molecular formula is C17H21N3S. The van der Waals surface area contributed by atoms with Crippen LogP contribution in [0.25, 0.3) is 0 Å². The molecule has 21 heavy (non-hydrogen) atoms. The highest BCUT2D eigenvalue weighted by Gasteiger charge is 2.30. The van der Waals surface area contributed by atoms with E-state index in [1.807, 2.05) is 19.3 Å². The maximum Gasteiger partial charge on any atom is 0.187 e. The van der Waals surface area contributed by atoms with Crippen LogP contribution in [0.1, 0.15) is 36.3 Å². The van der Waals surface area contributed by atoms with E-state index in [0.29, 0.717) is 11.2 Å². The van der Waals surface area contributed by atoms with Crippen LogP contribution in [0.2, 0.25) is 0 Å². The van der Waals surface area contributed by atoms with E-state index in [2.05, 4.69) is 40.3 Å². The lowest BCUT2D eigenvalue weighted by Crippen LogP contribution is -2.37. The fourth-order valence-electron chi connectivity index (χ4n) is 2.89. The summed E-state index contributed by atoms with van der Waals surface area (Å²) in [5.41, 5.74) is 8.84. The molecule has 4 heteroatoms. The molecule has 0 radical (unpaired) electrons. The molecular weight excluding hydrogens is 278 g/mol. The second kappa shape index (κ2) is 6.58. The predicted molar refractivity (Wildman–Crippen MR) is 87.4 cm³/mol. The highest BCUT2D eigenvalue weighted by molar-refractivity contribution is 7.99. The fourth-order valence-corrected chi connectivity index (χ4v) is 4.03. The number of aromatic nitrogens is 2. The van der Waals surface area contributed by atoms with Crippen molar-refractivity contribution in [2.24, 2.45) is 5.73 Å². The Balaban J connectivity index is 1.70. The van der Waals surface area contributed by atoms with Crippen molar-refractivity contribution in [2.75, 3.05) is 0 Å². The second-order valence-corrected chi connectivity index (χ2v) is 6.99. The second-order valence-electron chi connectivity index (χ2n) is 5.78. The first kappa shape index (κ1) is 14.5. The average Bonchev–Trinajstić information content (AvgIpc) is 2.52. The summed E-state index contributed by atoms with van der Waals surface area (Å²) in [4.78, 5) is 8.80. The van der Waals surface area contributed by atoms with Crippen molar-refractivity contribution in [3.63, 3.8) is 0 Å². The largest absolute Gasteiger partial charge is 0.327 e. The van der Waals surface area contributed by atoms with Crippen LogP contribution < -0.4 is 5.73 Å². The van der Waals surface area contributed by atoms with E-state index in [0.717, 1.165) is 23.6 Å². The maximum atomic E-state index is 6.32. The highest BCUT2D eigenvalue weighted by atomic mass is 32.2. The first-order valence-electron chi connectivity index (χ1n) is 7.48. The Morgan fingerprint density at radius 3 is 2.52 bits per heavy atom. The molecule has 1 fully saturated rings. The van der Waals surface area contributed by atoms with Crippen molar-refractivity contribution < 1.29 is 0 Å². The highest BCUT2D eigenvalue weighted by Crippen LogP contribution is 2.39. The van der Waals surface area contributed by atoms with Crippen LogP contribution in [0, 0.1) is 6.92 Å².